The van der Waals surface area contributed by atoms with Crippen LogP contribution in [-0.4, -0.2) is 105 Å². The Morgan fingerprint density at radius 2 is 1.34 bits per heavy atom. The molecule has 5 N–H and O–H groups in total. The van der Waals surface area contributed by atoms with E-state index in [4.69, 9.17) is 24.4 Å². The number of carboxylic acids is 2. The van der Waals surface area contributed by atoms with Crippen molar-refractivity contribution >= 4 is 23.7 Å². The molecule has 4 atom stereocenters. The molecule has 0 aromatic carbocycles. The summed E-state index contributed by atoms with van der Waals surface area (Å²) in [5.74, 6) is -3.26. The Morgan fingerprint density at radius 3 is 1.84 bits per heavy atom. The number of hydrogen-bond acceptors (Lipinski definition) is 10. The van der Waals surface area contributed by atoms with Gasteiger partial charge in [0, 0.05) is 18.6 Å². The molecule has 0 aromatic heterocycles. The first-order valence-corrected chi connectivity index (χ1v) is 10.7. The largest absolute Gasteiger partial charge is 0.481 e. The average molecular weight is 462 g/mol. The second kappa shape index (κ2) is 15.6. The predicted molar refractivity (Wildman–Crippen MR) is 112 cm³/mol. The Morgan fingerprint density at radius 1 is 0.844 bits per heavy atom. The lowest BCUT2D eigenvalue weighted by atomic mass is 9.84. The highest BCUT2D eigenvalue weighted by Gasteiger charge is 2.37. The van der Waals surface area contributed by atoms with Crippen molar-refractivity contribution in [3.8, 4) is 0 Å². The van der Waals surface area contributed by atoms with Gasteiger partial charge in [0.05, 0.1) is 45.3 Å². The summed E-state index contributed by atoms with van der Waals surface area (Å²) in [5.41, 5.74) is 0. The molecule has 12 nitrogen and oxygen atoms in total. The molecule has 2 unspecified atom stereocenters. The smallest absolute Gasteiger partial charge is 0.323 e. The van der Waals surface area contributed by atoms with Crippen LogP contribution < -0.4 is 16.0 Å². The first-order valence-electron chi connectivity index (χ1n) is 10.7. The van der Waals surface area contributed by atoms with Crippen LogP contribution in [0.4, 0.5) is 0 Å². The zero-order chi connectivity index (χ0) is 23.9. The van der Waals surface area contributed by atoms with Crippen molar-refractivity contribution in [2.24, 2.45) is 0 Å². The van der Waals surface area contributed by atoms with Gasteiger partial charge in [-0.2, -0.15) is 0 Å². The number of aliphatic carboxylic acids is 2. The number of ketones is 1. The molecule has 1 rings (SSSR count). The normalized spacial score (nSPS) is 19.6. The number of likely N-dealkylation sites (N-methyl/N-ethyl adjacent to an activating group) is 1. The van der Waals surface area contributed by atoms with Gasteiger partial charge >= 0.3 is 17.9 Å². The maximum atomic E-state index is 12.4. The number of hydrogen-bond donors (Lipinski definition) is 5. The summed E-state index contributed by atoms with van der Waals surface area (Å²) < 4.78 is 15.7. The highest BCUT2D eigenvalue weighted by atomic mass is 16.6. The van der Waals surface area contributed by atoms with Crippen molar-refractivity contribution in [1.82, 2.24) is 16.0 Å². The number of ether oxygens (including phenoxy) is 3. The van der Waals surface area contributed by atoms with Crippen LogP contribution in [0.25, 0.3) is 0 Å². The lowest BCUT2D eigenvalue weighted by molar-refractivity contribution is -0.152. The molecule has 0 saturated heterocycles. The van der Waals surface area contributed by atoms with E-state index in [1.807, 2.05) is 7.05 Å². The molecule has 0 aliphatic heterocycles. The Balaban J connectivity index is 2.42. The monoisotopic (exact) mass is 461 g/mol. The standard InChI is InChI=1S/C20H35N3O9/c1-13(24)16(11-18(25)26)22-14-3-4-15(14)23-17(12-19(27)28)20(29)32-10-9-31-8-7-30-6-5-21-2/h14-17,21-23H,3-12H2,1-2H3,(H,25,26)(H,27,28)/t14?,15?,16-,17-/m0/s1. The molecule has 1 aliphatic rings. The van der Waals surface area contributed by atoms with Gasteiger partial charge in [0.1, 0.15) is 18.4 Å². The number of rotatable bonds is 19. The minimum atomic E-state index is -1.16. The number of nitrogens with one attached hydrogen (secondary N) is 3. The van der Waals surface area contributed by atoms with E-state index in [0.29, 0.717) is 32.7 Å². The Hall–Kier alpha value is -2.12. The van der Waals surface area contributed by atoms with Crippen molar-refractivity contribution in [3.05, 3.63) is 0 Å². The van der Waals surface area contributed by atoms with Gasteiger partial charge in [0.2, 0.25) is 0 Å². The van der Waals surface area contributed by atoms with E-state index in [1.165, 1.54) is 6.92 Å². The van der Waals surface area contributed by atoms with E-state index < -0.39 is 36.4 Å². The van der Waals surface area contributed by atoms with Crippen LogP contribution in [0.1, 0.15) is 32.6 Å². The number of carbonyl (C=O) groups excluding carboxylic acids is 2. The zero-order valence-corrected chi connectivity index (χ0v) is 18.6. The lowest BCUT2D eigenvalue weighted by Crippen LogP contribution is -2.62. The topological polar surface area (TPSA) is 173 Å². The van der Waals surface area contributed by atoms with Gasteiger partial charge in [0.15, 0.2) is 0 Å². The molecule has 0 heterocycles. The number of carboxylic acid groups (broad SMARTS) is 2. The van der Waals surface area contributed by atoms with Crippen molar-refractivity contribution in [1.29, 1.82) is 0 Å². The Kier molecular flexibility index (Phi) is 13.6. The van der Waals surface area contributed by atoms with Crippen molar-refractivity contribution in [2.45, 2.75) is 56.8 Å². The van der Waals surface area contributed by atoms with Gasteiger partial charge in [-0.3, -0.25) is 24.5 Å². The van der Waals surface area contributed by atoms with Gasteiger partial charge in [-0.1, -0.05) is 0 Å². The summed E-state index contributed by atoms with van der Waals surface area (Å²) in [6, 6.07) is -2.44. The molecule has 0 radical (unpaired) electrons. The van der Waals surface area contributed by atoms with E-state index in [1.54, 1.807) is 0 Å². The van der Waals surface area contributed by atoms with Gasteiger partial charge in [-0.05, 0) is 26.8 Å². The summed E-state index contributed by atoms with van der Waals surface area (Å²) in [6.45, 7) is 3.51. The van der Waals surface area contributed by atoms with Crippen LogP contribution in [0.15, 0.2) is 0 Å². The molecule has 12 heteroatoms. The van der Waals surface area contributed by atoms with Crippen molar-refractivity contribution in [3.63, 3.8) is 0 Å². The zero-order valence-electron chi connectivity index (χ0n) is 18.6. The van der Waals surface area contributed by atoms with Gasteiger partial charge in [0.25, 0.3) is 0 Å². The SMILES string of the molecule is CNCCOCCOCCOC(=O)[C@H](CC(=O)O)NC1CCC1N[C@@H](CC(=O)O)C(C)=O. The highest BCUT2D eigenvalue weighted by molar-refractivity contribution is 5.86. The molecule has 0 amide bonds. The summed E-state index contributed by atoms with van der Waals surface area (Å²) in [6.07, 6.45) is 0.503. The number of carbonyl (C=O) groups is 4. The summed E-state index contributed by atoms with van der Waals surface area (Å²) >= 11 is 0. The molecular weight excluding hydrogens is 426 g/mol. The second-order valence-corrected chi connectivity index (χ2v) is 7.53. The third-order valence-corrected chi connectivity index (χ3v) is 4.98. The van der Waals surface area contributed by atoms with Gasteiger partial charge < -0.3 is 35.1 Å². The van der Waals surface area contributed by atoms with E-state index in [2.05, 4.69) is 16.0 Å². The van der Waals surface area contributed by atoms with Crippen LogP contribution in [0.2, 0.25) is 0 Å². The molecule has 0 spiro atoms. The first-order chi connectivity index (χ1) is 15.2. The maximum absolute atomic E-state index is 12.4. The van der Waals surface area contributed by atoms with Gasteiger partial charge in [-0.15, -0.1) is 0 Å². The third kappa shape index (κ3) is 11.5. The lowest BCUT2D eigenvalue weighted by Gasteiger charge is -2.41. The molecule has 1 aliphatic carbocycles. The van der Waals surface area contributed by atoms with Crippen molar-refractivity contribution in [2.75, 3.05) is 46.6 Å². The van der Waals surface area contributed by atoms with E-state index in [9.17, 15) is 19.2 Å². The Labute approximate surface area is 187 Å². The minimum Gasteiger partial charge on any atom is -0.481 e. The first kappa shape index (κ1) is 27.9. The van der Waals surface area contributed by atoms with Gasteiger partial charge in [-0.25, -0.2) is 0 Å². The van der Waals surface area contributed by atoms with E-state index in [-0.39, 0.29) is 37.5 Å². The van der Waals surface area contributed by atoms with Crippen LogP contribution in [0.5, 0.6) is 0 Å². The van der Waals surface area contributed by atoms with E-state index >= 15 is 0 Å². The van der Waals surface area contributed by atoms with E-state index in [0.717, 1.165) is 6.54 Å². The number of esters is 1. The Bertz CT molecular complexity index is 617. The molecule has 32 heavy (non-hydrogen) atoms. The van der Waals surface area contributed by atoms with Crippen LogP contribution in [0, 0.1) is 0 Å². The highest BCUT2D eigenvalue weighted by Crippen LogP contribution is 2.22. The van der Waals surface area contributed by atoms with Crippen LogP contribution in [-0.2, 0) is 33.4 Å². The quantitative estimate of drug-likeness (QED) is 0.115. The fourth-order valence-electron chi connectivity index (χ4n) is 3.09. The van der Waals surface area contributed by atoms with Crippen LogP contribution in [0.3, 0.4) is 0 Å². The molecule has 184 valence electrons. The second-order valence-electron chi connectivity index (χ2n) is 7.53. The fraction of sp³-hybridized carbons (Fsp3) is 0.800. The summed E-state index contributed by atoms with van der Waals surface area (Å²) in [5, 5.41) is 27.0. The van der Waals surface area contributed by atoms with Crippen LogP contribution >= 0.6 is 0 Å². The molecule has 0 aromatic rings. The molecule has 0 bridgehead atoms. The minimum absolute atomic E-state index is 0.0233. The predicted octanol–water partition coefficient (Wildman–Crippen LogP) is -1.23. The molecular formula is C20H35N3O9. The molecule has 1 fully saturated rings. The average Bonchev–Trinajstić information content (AvgIpc) is 2.70. The third-order valence-electron chi connectivity index (χ3n) is 4.98. The summed E-state index contributed by atoms with van der Waals surface area (Å²) in [4.78, 5) is 46.2. The summed E-state index contributed by atoms with van der Waals surface area (Å²) in [7, 11) is 1.82. The maximum Gasteiger partial charge on any atom is 0.323 e. The fourth-order valence-corrected chi connectivity index (χ4v) is 3.09. The molecule has 1 saturated carbocycles. The van der Waals surface area contributed by atoms with Crippen molar-refractivity contribution < 1.29 is 43.6 Å². The number of Topliss-reactive ketones (excluding diaryl/α,β-unsaturated/α-hetero) is 1.